The molecule has 2 heterocycles. The highest BCUT2D eigenvalue weighted by Crippen LogP contribution is 2.41. The number of guanidine groups is 1. The number of halogens is 1. The van der Waals surface area contributed by atoms with E-state index in [0.29, 0.717) is 17.1 Å². The summed E-state index contributed by atoms with van der Waals surface area (Å²) in [5.41, 5.74) is 14.5. The molecule has 0 fully saturated rings. The van der Waals surface area contributed by atoms with Crippen molar-refractivity contribution in [3.63, 3.8) is 0 Å². The number of benzene rings is 2. The standard InChI is InChI=1S/C23H19IN8O2/c1-33-17-7-2-12(8-13(17)10-34-15-5-3-14(24)4-6-15)20-18-19(27)16(9-25)21(28)31-22(18)32-23(30-20)29-11-26/h2-8,20H,10H2,1H3,(H6,27,28,29,30,31,32). The lowest BCUT2D eigenvalue weighted by atomic mass is 9.94. The maximum Gasteiger partial charge on any atom is 0.211 e. The van der Waals surface area contributed by atoms with E-state index in [2.05, 4.69) is 43.2 Å². The van der Waals surface area contributed by atoms with Crippen molar-refractivity contribution in [2.24, 2.45) is 4.99 Å². The fourth-order valence-corrected chi connectivity index (χ4v) is 3.95. The number of nitrogens with zero attached hydrogens (tertiary/aromatic N) is 4. The van der Waals surface area contributed by atoms with Gasteiger partial charge in [-0.3, -0.25) is 5.32 Å². The molecule has 0 bridgehead atoms. The van der Waals surface area contributed by atoms with Crippen LogP contribution >= 0.6 is 22.6 Å². The van der Waals surface area contributed by atoms with Gasteiger partial charge in [0.1, 0.15) is 47.4 Å². The van der Waals surface area contributed by atoms with Crippen LogP contribution < -0.4 is 31.6 Å². The van der Waals surface area contributed by atoms with E-state index < -0.39 is 6.04 Å². The molecule has 6 N–H and O–H groups in total. The van der Waals surface area contributed by atoms with Crippen molar-refractivity contribution in [2.75, 3.05) is 23.9 Å². The maximum absolute atomic E-state index is 9.51. The summed E-state index contributed by atoms with van der Waals surface area (Å²) >= 11 is 2.23. The number of nitrogen functional groups attached to an aromatic ring is 2. The quantitative estimate of drug-likeness (QED) is 0.206. The Balaban J connectivity index is 1.77. The molecule has 3 aromatic rings. The van der Waals surface area contributed by atoms with Gasteiger partial charge in [-0.05, 0) is 64.6 Å². The molecule has 1 aromatic heterocycles. The number of aromatic nitrogens is 1. The minimum Gasteiger partial charge on any atom is -0.496 e. The molecule has 0 amide bonds. The van der Waals surface area contributed by atoms with Gasteiger partial charge in [-0.1, -0.05) is 6.07 Å². The predicted octanol–water partition coefficient (Wildman–Crippen LogP) is 3.25. The molecule has 170 valence electrons. The first kappa shape index (κ1) is 22.9. The topological polar surface area (TPSA) is 167 Å². The van der Waals surface area contributed by atoms with Crippen LogP contribution in [-0.2, 0) is 6.61 Å². The van der Waals surface area contributed by atoms with E-state index in [0.717, 1.165) is 20.4 Å². The molecule has 0 aliphatic carbocycles. The number of aliphatic imine (C=N–C) groups is 1. The normalized spacial score (nSPS) is 14.0. The summed E-state index contributed by atoms with van der Waals surface area (Å²) in [6.45, 7) is 0.251. The Morgan fingerprint density at radius 3 is 2.62 bits per heavy atom. The Hall–Kier alpha value is -4.23. The molecule has 1 aliphatic rings. The molecule has 10 nitrogen and oxygen atoms in total. The van der Waals surface area contributed by atoms with Gasteiger partial charge in [0.15, 0.2) is 6.19 Å². The van der Waals surface area contributed by atoms with E-state index in [1.807, 2.05) is 54.7 Å². The van der Waals surface area contributed by atoms with Crippen LogP contribution in [0.25, 0.3) is 0 Å². The molecule has 0 spiro atoms. The molecule has 0 saturated carbocycles. The van der Waals surface area contributed by atoms with E-state index in [-0.39, 0.29) is 29.6 Å². The first-order chi connectivity index (χ1) is 16.4. The smallest absolute Gasteiger partial charge is 0.211 e. The first-order valence-corrected chi connectivity index (χ1v) is 11.1. The number of anilines is 3. The van der Waals surface area contributed by atoms with E-state index in [9.17, 15) is 5.26 Å². The van der Waals surface area contributed by atoms with Crippen LogP contribution in [0.2, 0.25) is 0 Å². The molecular weight excluding hydrogens is 547 g/mol. The van der Waals surface area contributed by atoms with Crippen molar-refractivity contribution in [3.05, 3.63) is 68.3 Å². The predicted molar refractivity (Wildman–Crippen MR) is 136 cm³/mol. The maximum atomic E-state index is 9.51. The lowest BCUT2D eigenvalue weighted by Gasteiger charge is -2.26. The molecule has 0 radical (unpaired) electrons. The summed E-state index contributed by atoms with van der Waals surface area (Å²) < 4.78 is 12.6. The van der Waals surface area contributed by atoms with Gasteiger partial charge >= 0.3 is 0 Å². The van der Waals surface area contributed by atoms with Crippen LogP contribution in [0.3, 0.4) is 0 Å². The van der Waals surface area contributed by atoms with Gasteiger partial charge in [-0.25, -0.2) is 9.98 Å². The summed E-state index contributed by atoms with van der Waals surface area (Å²) in [4.78, 5) is 8.87. The number of nitrogens with one attached hydrogen (secondary N) is 2. The number of hydrogen-bond donors (Lipinski definition) is 4. The van der Waals surface area contributed by atoms with Gasteiger partial charge in [0.05, 0.1) is 12.8 Å². The van der Waals surface area contributed by atoms with E-state index in [4.69, 9.17) is 26.2 Å². The first-order valence-electron chi connectivity index (χ1n) is 9.99. The number of rotatable bonds is 5. The van der Waals surface area contributed by atoms with E-state index >= 15 is 0 Å². The number of ether oxygens (including phenoxy) is 2. The highest BCUT2D eigenvalue weighted by molar-refractivity contribution is 14.1. The summed E-state index contributed by atoms with van der Waals surface area (Å²) in [6.07, 6.45) is 1.84. The Kier molecular flexibility index (Phi) is 6.56. The zero-order chi connectivity index (χ0) is 24.2. The second-order valence-corrected chi connectivity index (χ2v) is 8.46. The van der Waals surface area contributed by atoms with E-state index in [1.54, 1.807) is 7.11 Å². The van der Waals surface area contributed by atoms with Gasteiger partial charge in [0.25, 0.3) is 0 Å². The third-order valence-corrected chi connectivity index (χ3v) is 5.90. The summed E-state index contributed by atoms with van der Waals surface area (Å²) in [6, 6.07) is 14.6. The van der Waals surface area contributed by atoms with Gasteiger partial charge in [0, 0.05) is 14.7 Å². The molecule has 2 aromatic carbocycles. The number of methoxy groups -OCH3 is 1. The van der Waals surface area contributed by atoms with Crippen LogP contribution in [0.4, 0.5) is 17.3 Å². The minimum absolute atomic E-state index is 0.00968. The fourth-order valence-electron chi connectivity index (χ4n) is 3.60. The Bertz CT molecular complexity index is 1360. The van der Waals surface area contributed by atoms with E-state index in [1.165, 1.54) is 0 Å². The minimum atomic E-state index is -0.657. The van der Waals surface area contributed by atoms with Gasteiger partial charge in [-0.2, -0.15) is 10.5 Å². The number of pyridine rings is 1. The van der Waals surface area contributed by atoms with Crippen molar-refractivity contribution < 1.29 is 9.47 Å². The molecular formula is C23H19IN8O2. The lowest BCUT2D eigenvalue weighted by Crippen LogP contribution is -2.32. The molecule has 34 heavy (non-hydrogen) atoms. The largest absolute Gasteiger partial charge is 0.496 e. The molecule has 11 heteroatoms. The van der Waals surface area contributed by atoms with Crippen LogP contribution in [-0.4, -0.2) is 18.1 Å². The summed E-state index contributed by atoms with van der Waals surface area (Å²) in [7, 11) is 1.58. The van der Waals surface area contributed by atoms with Crippen molar-refractivity contribution >= 4 is 45.9 Å². The Morgan fingerprint density at radius 2 is 1.94 bits per heavy atom. The third-order valence-electron chi connectivity index (χ3n) is 5.19. The average molecular weight is 566 g/mol. The number of nitriles is 2. The van der Waals surface area contributed by atoms with Crippen molar-refractivity contribution in [3.8, 4) is 23.8 Å². The van der Waals surface area contributed by atoms with Gasteiger partial charge < -0.3 is 26.3 Å². The van der Waals surface area contributed by atoms with Crippen molar-refractivity contribution in [1.29, 1.82) is 10.5 Å². The zero-order valence-electron chi connectivity index (χ0n) is 18.0. The third kappa shape index (κ3) is 4.46. The SMILES string of the molecule is COc1ccc(C2N=C(NC#N)Nc3nc(N)c(C#N)c(N)c32)cc1COc1ccc(I)cc1. The molecule has 1 atom stereocenters. The molecule has 0 saturated heterocycles. The van der Waals surface area contributed by atoms with Gasteiger partial charge in [0.2, 0.25) is 5.96 Å². The summed E-state index contributed by atoms with van der Waals surface area (Å²) in [5.74, 6) is 1.86. The van der Waals surface area contributed by atoms with Gasteiger partial charge in [-0.15, -0.1) is 0 Å². The van der Waals surface area contributed by atoms with Crippen LogP contribution in [0.5, 0.6) is 11.5 Å². The fraction of sp³-hybridized carbons (Fsp3) is 0.130. The Morgan fingerprint density at radius 1 is 1.18 bits per heavy atom. The second-order valence-electron chi connectivity index (χ2n) is 7.22. The number of fused-ring (bicyclic) bond motifs is 1. The average Bonchev–Trinajstić information content (AvgIpc) is 2.83. The highest BCUT2D eigenvalue weighted by Gasteiger charge is 2.30. The van der Waals surface area contributed by atoms with Crippen molar-refractivity contribution in [1.82, 2.24) is 10.3 Å². The Labute approximate surface area is 209 Å². The monoisotopic (exact) mass is 566 g/mol. The highest BCUT2D eigenvalue weighted by atomic mass is 127. The summed E-state index contributed by atoms with van der Waals surface area (Å²) in [5, 5.41) is 24.0. The second kappa shape index (κ2) is 9.72. The molecule has 4 rings (SSSR count). The molecule has 1 aliphatic heterocycles. The number of nitrogens with two attached hydrogens (primary N) is 2. The lowest BCUT2D eigenvalue weighted by molar-refractivity contribution is 0.296. The van der Waals surface area contributed by atoms with Crippen LogP contribution in [0.15, 0.2) is 47.5 Å². The van der Waals surface area contributed by atoms with Crippen LogP contribution in [0.1, 0.15) is 28.3 Å². The zero-order valence-corrected chi connectivity index (χ0v) is 20.1. The van der Waals surface area contributed by atoms with Crippen molar-refractivity contribution in [2.45, 2.75) is 12.6 Å². The molecule has 1 unspecified atom stereocenters. The number of hydrogen-bond acceptors (Lipinski definition) is 10. The van der Waals surface area contributed by atoms with Crippen LogP contribution in [0, 0.1) is 26.4 Å².